The van der Waals surface area contributed by atoms with E-state index in [0.29, 0.717) is 11.1 Å². The molecule has 0 bridgehead atoms. The molecular formula is C16H14IN3O5. The smallest absolute Gasteiger partial charge is 0.310 e. The number of halogens is 1. The van der Waals surface area contributed by atoms with Crippen LogP contribution in [0.2, 0.25) is 0 Å². The Labute approximate surface area is 156 Å². The van der Waals surface area contributed by atoms with Crippen molar-refractivity contribution in [1.82, 2.24) is 5.43 Å². The largest absolute Gasteiger partial charge is 0.507 e. The summed E-state index contributed by atoms with van der Waals surface area (Å²) in [4.78, 5) is 22.0. The van der Waals surface area contributed by atoms with Crippen molar-refractivity contribution in [2.75, 3.05) is 6.61 Å². The number of aryl methyl sites for hydroxylation is 1. The molecule has 25 heavy (non-hydrogen) atoms. The molecule has 0 saturated heterocycles. The predicted molar refractivity (Wildman–Crippen MR) is 99.9 cm³/mol. The van der Waals surface area contributed by atoms with E-state index in [1.807, 2.05) is 6.07 Å². The van der Waals surface area contributed by atoms with E-state index in [1.54, 1.807) is 19.1 Å². The van der Waals surface area contributed by atoms with Crippen LogP contribution in [0.25, 0.3) is 0 Å². The molecule has 0 spiro atoms. The van der Waals surface area contributed by atoms with Crippen LogP contribution in [0, 0.1) is 20.6 Å². The summed E-state index contributed by atoms with van der Waals surface area (Å²) in [6, 6.07) is 9.29. The first-order valence-corrected chi connectivity index (χ1v) is 8.13. The van der Waals surface area contributed by atoms with Crippen LogP contribution < -0.4 is 10.2 Å². The van der Waals surface area contributed by atoms with Gasteiger partial charge in [0, 0.05) is 15.2 Å². The molecule has 0 aliphatic rings. The number of nitro groups is 1. The number of hydrogen-bond donors (Lipinski definition) is 2. The lowest BCUT2D eigenvalue weighted by Gasteiger charge is -2.06. The van der Waals surface area contributed by atoms with Crippen molar-refractivity contribution < 1.29 is 19.6 Å². The number of nitro benzene ring substituents is 1. The number of phenols is 1. The number of nitrogens with one attached hydrogen (secondary N) is 1. The maximum Gasteiger partial charge on any atom is 0.310 e. The zero-order valence-corrected chi connectivity index (χ0v) is 15.3. The van der Waals surface area contributed by atoms with E-state index in [4.69, 9.17) is 4.74 Å². The first-order chi connectivity index (χ1) is 11.9. The summed E-state index contributed by atoms with van der Waals surface area (Å²) < 4.78 is 6.06. The number of para-hydroxylation sites is 2. The number of carbonyl (C=O) groups excluding carboxylic acids is 1. The molecule has 0 unspecified atom stereocenters. The Morgan fingerprint density at radius 1 is 1.44 bits per heavy atom. The fourth-order valence-corrected chi connectivity index (χ4v) is 2.74. The van der Waals surface area contributed by atoms with Crippen molar-refractivity contribution in [2.24, 2.45) is 5.10 Å². The summed E-state index contributed by atoms with van der Waals surface area (Å²) in [5.41, 5.74) is 3.17. The molecule has 0 atom stereocenters. The number of amides is 1. The minimum absolute atomic E-state index is 0.00230. The van der Waals surface area contributed by atoms with Crippen LogP contribution in [0.1, 0.15) is 11.1 Å². The Hall–Kier alpha value is -2.69. The van der Waals surface area contributed by atoms with Gasteiger partial charge in [0.15, 0.2) is 12.4 Å². The monoisotopic (exact) mass is 455 g/mol. The molecule has 0 aliphatic heterocycles. The summed E-state index contributed by atoms with van der Waals surface area (Å²) >= 11 is 2.11. The van der Waals surface area contributed by atoms with Gasteiger partial charge >= 0.3 is 5.69 Å². The van der Waals surface area contributed by atoms with Gasteiger partial charge in [0.25, 0.3) is 5.91 Å². The third-order valence-corrected chi connectivity index (χ3v) is 3.73. The first-order valence-electron chi connectivity index (χ1n) is 7.05. The molecule has 0 aliphatic carbocycles. The van der Waals surface area contributed by atoms with E-state index in [0.717, 1.165) is 3.57 Å². The van der Waals surface area contributed by atoms with Crippen molar-refractivity contribution >= 4 is 40.4 Å². The topological polar surface area (TPSA) is 114 Å². The maximum absolute atomic E-state index is 11.7. The predicted octanol–water partition coefficient (Wildman–Crippen LogP) is 2.74. The lowest BCUT2D eigenvalue weighted by Crippen LogP contribution is -2.24. The van der Waals surface area contributed by atoms with Gasteiger partial charge in [0.05, 0.1) is 11.1 Å². The minimum atomic E-state index is -0.590. The Morgan fingerprint density at radius 2 is 2.16 bits per heavy atom. The molecule has 8 nitrogen and oxygen atoms in total. The summed E-state index contributed by atoms with van der Waals surface area (Å²) in [5, 5.41) is 24.5. The number of hydrazone groups is 1. The molecule has 2 N–H and O–H groups in total. The summed E-state index contributed by atoms with van der Waals surface area (Å²) in [6.45, 7) is 1.33. The highest BCUT2D eigenvalue weighted by Crippen LogP contribution is 2.25. The van der Waals surface area contributed by atoms with Crippen LogP contribution in [0.15, 0.2) is 41.5 Å². The van der Waals surface area contributed by atoms with Gasteiger partial charge in [-0.15, -0.1) is 0 Å². The molecule has 2 aromatic rings. The van der Waals surface area contributed by atoms with Gasteiger partial charge in [0.1, 0.15) is 5.75 Å². The Balaban J connectivity index is 1.95. The van der Waals surface area contributed by atoms with Gasteiger partial charge in [-0.2, -0.15) is 5.10 Å². The SMILES string of the molecule is Cc1cc(I)cc(C=NNC(=O)COc2ccccc2[N+](=O)[O-])c1O. The van der Waals surface area contributed by atoms with Gasteiger partial charge in [0.2, 0.25) is 0 Å². The van der Waals surface area contributed by atoms with Crippen molar-refractivity contribution in [3.8, 4) is 11.5 Å². The van der Waals surface area contributed by atoms with Gasteiger partial charge in [-0.3, -0.25) is 14.9 Å². The van der Waals surface area contributed by atoms with Crippen molar-refractivity contribution in [2.45, 2.75) is 6.92 Å². The van der Waals surface area contributed by atoms with Crippen molar-refractivity contribution in [3.05, 3.63) is 61.2 Å². The van der Waals surface area contributed by atoms with Crippen LogP contribution in [0.4, 0.5) is 5.69 Å². The highest BCUT2D eigenvalue weighted by molar-refractivity contribution is 14.1. The molecule has 0 aromatic heterocycles. The molecule has 0 saturated carbocycles. The standard InChI is InChI=1S/C16H14IN3O5/c1-10-6-12(17)7-11(16(10)22)8-18-19-15(21)9-25-14-5-3-2-4-13(14)20(23)24/h2-8,22H,9H2,1H3,(H,19,21). The van der Waals surface area contributed by atoms with Gasteiger partial charge in [-0.1, -0.05) is 12.1 Å². The molecule has 9 heteroatoms. The highest BCUT2D eigenvalue weighted by Gasteiger charge is 2.14. The van der Waals surface area contributed by atoms with Crippen LogP contribution in [-0.2, 0) is 4.79 Å². The minimum Gasteiger partial charge on any atom is -0.507 e. The fraction of sp³-hybridized carbons (Fsp3) is 0.125. The van der Waals surface area contributed by atoms with E-state index in [9.17, 15) is 20.0 Å². The second-order valence-corrected chi connectivity index (χ2v) is 6.21. The molecule has 2 aromatic carbocycles. The zero-order valence-electron chi connectivity index (χ0n) is 13.1. The molecular weight excluding hydrogens is 441 g/mol. The highest BCUT2D eigenvalue weighted by atomic mass is 127. The van der Waals surface area contributed by atoms with Crippen LogP contribution >= 0.6 is 22.6 Å². The average molecular weight is 455 g/mol. The molecule has 0 fully saturated rings. The van der Waals surface area contributed by atoms with Crippen LogP contribution in [-0.4, -0.2) is 28.8 Å². The quantitative estimate of drug-likeness (QED) is 0.301. The van der Waals surface area contributed by atoms with Crippen molar-refractivity contribution in [1.29, 1.82) is 0 Å². The average Bonchev–Trinajstić information content (AvgIpc) is 2.57. The molecule has 1 amide bonds. The van der Waals surface area contributed by atoms with E-state index >= 15 is 0 Å². The van der Waals surface area contributed by atoms with Gasteiger partial charge in [-0.25, -0.2) is 5.43 Å². The Bertz CT molecular complexity index is 839. The molecule has 0 radical (unpaired) electrons. The molecule has 0 heterocycles. The van der Waals surface area contributed by atoms with E-state index < -0.39 is 17.4 Å². The maximum atomic E-state index is 11.7. The normalized spacial score (nSPS) is 10.6. The number of nitrogens with zero attached hydrogens (tertiary/aromatic N) is 2. The summed E-state index contributed by atoms with van der Waals surface area (Å²) in [7, 11) is 0. The van der Waals surface area contributed by atoms with Gasteiger partial charge < -0.3 is 9.84 Å². The lowest BCUT2D eigenvalue weighted by atomic mass is 10.1. The van der Waals surface area contributed by atoms with Crippen LogP contribution in [0.5, 0.6) is 11.5 Å². The van der Waals surface area contributed by atoms with Gasteiger partial charge in [-0.05, 0) is 53.3 Å². The zero-order chi connectivity index (χ0) is 18.4. The Kier molecular flexibility index (Phi) is 6.28. The first kappa shape index (κ1) is 18.6. The lowest BCUT2D eigenvalue weighted by molar-refractivity contribution is -0.385. The number of phenolic OH excluding ortho intramolecular Hbond substituents is 1. The number of carbonyl (C=O) groups is 1. The summed E-state index contributed by atoms with van der Waals surface area (Å²) in [6.07, 6.45) is 1.31. The third-order valence-electron chi connectivity index (χ3n) is 3.11. The fourth-order valence-electron chi connectivity index (χ4n) is 1.94. The van der Waals surface area contributed by atoms with Crippen LogP contribution in [0.3, 0.4) is 0 Å². The van der Waals surface area contributed by atoms with E-state index in [1.165, 1.54) is 24.4 Å². The van der Waals surface area contributed by atoms with E-state index in [2.05, 4.69) is 33.1 Å². The number of benzene rings is 2. The van der Waals surface area contributed by atoms with E-state index in [-0.39, 0.29) is 17.2 Å². The summed E-state index contributed by atoms with van der Waals surface area (Å²) in [5.74, 6) is -0.511. The number of rotatable bonds is 6. The third kappa shape index (κ3) is 5.14. The number of aromatic hydroxyl groups is 1. The number of hydrogen-bond acceptors (Lipinski definition) is 6. The second kappa shape index (κ2) is 8.42. The molecule has 2 rings (SSSR count). The number of ether oxygens (including phenoxy) is 1. The Morgan fingerprint density at radius 3 is 2.88 bits per heavy atom. The second-order valence-electron chi connectivity index (χ2n) is 4.97. The molecule has 130 valence electrons. The van der Waals surface area contributed by atoms with Crippen molar-refractivity contribution in [3.63, 3.8) is 0 Å².